The highest BCUT2D eigenvalue weighted by molar-refractivity contribution is 6.06. The fraction of sp³-hybridized carbons (Fsp3) is 0.333. The molecular weight excluding hydrogens is 464 g/mol. The van der Waals surface area contributed by atoms with Gasteiger partial charge >= 0.3 is 6.09 Å². The number of nitrogens with zero attached hydrogens (tertiary/aromatic N) is 2. The van der Waals surface area contributed by atoms with Gasteiger partial charge in [-0.05, 0) is 54.3 Å². The van der Waals surface area contributed by atoms with Gasteiger partial charge in [-0.25, -0.2) is 9.69 Å². The first-order chi connectivity index (χ1) is 17.3. The summed E-state index contributed by atoms with van der Waals surface area (Å²) in [7, 11) is 3.07. The van der Waals surface area contributed by atoms with E-state index in [4.69, 9.17) is 14.2 Å². The zero-order valence-electron chi connectivity index (χ0n) is 20.5. The number of hydrogen-bond acceptors (Lipinski definition) is 7. The molecule has 0 aromatic heterocycles. The van der Waals surface area contributed by atoms with E-state index in [0.29, 0.717) is 23.5 Å². The van der Waals surface area contributed by atoms with Gasteiger partial charge in [0.2, 0.25) is 0 Å². The number of amides is 2. The normalized spacial score (nSPS) is 21.1. The van der Waals surface area contributed by atoms with E-state index in [0.717, 1.165) is 16.0 Å². The van der Waals surface area contributed by atoms with Crippen molar-refractivity contribution in [3.63, 3.8) is 0 Å². The number of aliphatic hydroxyl groups excluding tert-OH is 2. The molecule has 9 heteroatoms. The molecule has 190 valence electrons. The minimum absolute atomic E-state index is 0.0684. The van der Waals surface area contributed by atoms with E-state index in [9.17, 15) is 19.8 Å². The van der Waals surface area contributed by atoms with E-state index < -0.39 is 30.3 Å². The molecule has 0 radical (unpaired) electrons. The third kappa shape index (κ3) is 4.43. The molecule has 2 aliphatic heterocycles. The quantitative estimate of drug-likeness (QED) is 0.594. The number of aryl methyl sites for hydroxylation is 1. The van der Waals surface area contributed by atoms with Crippen LogP contribution < -0.4 is 14.4 Å². The summed E-state index contributed by atoms with van der Waals surface area (Å²) in [5.74, 6) is 0.716. The number of benzene rings is 2. The van der Waals surface area contributed by atoms with E-state index in [1.54, 1.807) is 32.2 Å². The summed E-state index contributed by atoms with van der Waals surface area (Å²) in [4.78, 5) is 29.6. The van der Waals surface area contributed by atoms with Crippen molar-refractivity contribution in [2.24, 2.45) is 0 Å². The summed E-state index contributed by atoms with van der Waals surface area (Å²) in [6.07, 6.45) is 1.23. The first kappa shape index (κ1) is 25.3. The minimum Gasteiger partial charge on any atom is -0.497 e. The summed E-state index contributed by atoms with van der Waals surface area (Å²) in [5.41, 5.74) is 2.71. The second-order valence-corrected chi connectivity index (χ2v) is 8.65. The topological polar surface area (TPSA) is 109 Å². The Morgan fingerprint density at radius 1 is 1.19 bits per heavy atom. The Morgan fingerprint density at radius 2 is 1.92 bits per heavy atom. The molecule has 2 N–H and O–H groups in total. The molecule has 2 heterocycles. The Kier molecular flexibility index (Phi) is 7.32. The van der Waals surface area contributed by atoms with Gasteiger partial charge in [0.05, 0.1) is 44.2 Å². The summed E-state index contributed by atoms with van der Waals surface area (Å²) in [6.45, 7) is 4.94. The van der Waals surface area contributed by atoms with Gasteiger partial charge in [-0.2, -0.15) is 0 Å². The number of carbonyl (C=O) groups excluding carboxylic acids is 2. The lowest BCUT2D eigenvalue weighted by Gasteiger charge is -2.42. The molecule has 2 amide bonds. The predicted molar refractivity (Wildman–Crippen MR) is 134 cm³/mol. The second kappa shape index (κ2) is 10.4. The fourth-order valence-corrected chi connectivity index (χ4v) is 4.76. The van der Waals surface area contributed by atoms with Crippen molar-refractivity contribution in [2.45, 2.75) is 31.7 Å². The van der Waals surface area contributed by atoms with Crippen LogP contribution >= 0.6 is 0 Å². The fourth-order valence-electron chi connectivity index (χ4n) is 4.76. The van der Waals surface area contributed by atoms with Crippen LogP contribution in [0.2, 0.25) is 0 Å². The smallest absolute Gasteiger partial charge is 0.416 e. The summed E-state index contributed by atoms with van der Waals surface area (Å²) in [6, 6.07) is 8.96. The molecule has 0 aliphatic carbocycles. The van der Waals surface area contributed by atoms with E-state index >= 15 is 0 Å². The van der Waals surface area contributed by atoms with Crippen molar-refractivity contribution in [1.29, 1.82) is 0 Å². The monoisotopic (exact) mass is 494 g/mol. The highest BCUT2D eigenvalue weighted by atomic mass is 16.6. The van der Waals surface area contributed by atoms with Crippen LogP contribution in [-0.2, 0) is 4.74 Å². The average Bonchev–Trinajstić information content (AvgIpc) is 2.98. The van der Waals surface area contributed by atoms with Crippen LogP contribution in [-0.4, -0.2) is 72.9 Å². The summed E-state index contributed by atoms with van der Waals surface area (Å²) >= 11 is 0. The van der Waals surface area contributed by atoms with Crippen LogP contribution in [0.1, 0.15) is 27.9 Å². The molecule has 0 fully saturated rings. The molecular formula is C27H30N2O7. The molecule has 1 unspecified atom stereocenters. The Labute approximate surface area is 209 Å². The minimum atomic E-state index is -1.48. The highest BCUT2D eigenvalue weighted by Crippen LogP contribution is 2.40. The van der Waals surface area contributed by atoms with Crippen LogP contribution in [0.25, 0.3) is 5.57 Å². The first-order valence-corrected chi connectivity index (χ1v) is 11.6. The van der Waals surface area contributed by atoms with Crippen LogP contribution in [0.5, 0.6) is 11.5 Å². The van der Waals surface area contributed by atoms with Crippen LogP contribution in [0.4, 0.5) is 10.5 Å². The van der Waals surface area contributed by atoms with Crippen molar-refractivity contribution in [3.05, 3.63) is 71.8 Å². The first-order valence-electron chi connectivity index (χ1n) is 11.6. The average molecular weight is 495 g/mol. The maximum Gasteiger partial charge on any atom is 0.416 e. The Balaban J connectivity index is 1.88. The van der Waals surface area contributed by atoms with Gasteiger partial charge in [0.1, 0.15) is 18.1 Å². The van der Waals surface area contributed by atoms with Crippen molar-refractivity contribution < 1.29 is 34.0 Å². The second-order valence-electron chi connectivity index (χ2n) is 8.65. The number of ether oxygens (including phenoxy) is 3. The largest absolute Gasteiger partial charge is 0.497 e. The van der Waals surface area contributed by atoms with Crippen molar-refractivity contribution in [2.75, 3.05) is 32.3 Å². The lowest BCUT2D eigenvalue weighted by molar-refractivity contribution is 0.0223. The number of carbonyl (C=O) groups is 2. The molecule has 0 spiro atoms. The lowest BCUT2D eigenvalue weighted by Crippen LogP contribution is -2.58. The molecule has 36 heavy (non-hydrogen) atoms. The third-order valence-corrected chi connectivity index (χ3v) is 6.54. The third-order valence-electron chi connectivity index (χ3n) is 6.54. The molecule has 2 aromatic rings. The van der Waals surface area contributed by atoms with Gasteiger partial charge in [-0.1, -0.05) is 30.9 Å². The Bertz CT molecular complexity index is 1190. The molecule has 0 saturated heterocycles. The van der Waals surface area contributed by atoms with E-state index in [2.05, 4.69) is 6.58 Å². The van der Waals surface area contributed by atoms with Crippen molar-refractivity contribution in [3.8, 4) is 11.5 Å². The van der Waals surface area contributed by atoms with E-state index in [-0.39, 0.29) is 24.5 Å². The van der Waals surface area contributed by atoms with Gasteiger partial charge in [0.15, 0.2) is 6.23 Å². The number of hydrogen-bond donors (Lipinski definition) is 2. The van der Waals surface area contributed by atoms with Gasteiger partial charge in [-0.3, -0.25) is 4.79 Å². The summed E-state index contributed by atoms with van der Waals surface area (Å²) < 4.78 is 15.9. The van der Waals surface area contributed by atoms with Gasteiger partial charge < -0.3 is 29.3 Å². The zero-order chi connectivity index (χ0) is 26.0. The predicted octanol–water partition coefficient (Wildman–Crippen LogP) is 3.13. The molecule has 2 aliphatic rings. The summed E-state index contributed by atoms with van der Waals surface area (Å²) in [5, 5.41) is 21.9. The van der Waals surface area contributed by atoms with Crippen molar-refractivity contribution >= 4 is 23.3 Å². The molecule has 9 nitrogen and oxygen atoms in total. The number of methoxy groups -OCH3 is 2. The van der Waals surface area contributed by atoms with Gasteiger partial charge in [0, 0.05) is 0 Å². The molecule has 4 rings (SSSR count). The maximum absolute atomic E-state index is 13.9. The number of aliphatic hydroxyl groups is 2. The molecule has 0 saturated carbocycles. The molecule has 2 aromatic carbocycles. The van der Waals surface area contributed by atoms with E-state index in [1.807, 2.05) is 24.3 Å². The molecule has 3 atom stereocenters. The van der Waals surface area contributed by atoms with Crippen LogP contribution in [0.15, 0.2) is 55.1 Å². The van der Waals surface area contributed by atoms with Crippen LogP contribution in [0, 0.1) is 6.92 Å². The van der Waals surface area contributed by atoms with E-state index in [1.165, 1.54) is 18.1 Å². The highest BCUT2D eigenvalue weighted by Gasteiger charge is 2.46. The maximum atomic E-state index is 13.9. The Hall–Kier alpha value is -3.82. The number of anilines is 1. The zero-order valence-corrected chi connectivity index (χ0v) is 20.5. The lowest BCUT2D eigenvalue weighted by atomic mass is 9.89. The molecule has 0 bridgehead atoms. The van der Waals surface area contributed by atoms with Gasteiger partial charge in [0.25, 0.3) is 5.91 Å². The Morgan fingerprint density at radius 3 is 2.53 bits per heavy atom. The number of rotatable bonds is 6. The SMILES string of the molecule is C=CCOC(=O)N1c2cc(C)c(OC)cc2C(=O)N2[C@H](CO)CC(c3ccc(OC)cc3)=C[C@H]2C1O. The van der Waals surface area contributed by atoms with Gasteiger partial charge in [-0.15, -0.1) is 0 Å². The standard InChI is InChI=1S/C27H30N2O7/c1-5-10-36-27(33)29-22-11-16(2)24(35-4)14-21(22)25(31)28-19(15-30)12-18(13-23(28)26(29)32)17-6-8-20(34-3)9-7-17/h5-9,11,13-14,19,23,26,30,32H,1,10,12,15H2,2-4H3/t19-,23-,26?/m0/s1. The number of fused-ring (bicyclic) bond motifs is 2. The van der Waals surface area contributed by atoms with Crippen LogP contribution in [0.3, 0.4) is 0 Å². The van der Waals surface area contributed by atoms with Crippen molar-refractivity contribution in [1.82, 2.24) is 4.90 Å².